The van der Waals surface area contributed by atoms with Crippen LogP contribution in [0.15, 0.2) is 18.2 Å². The molecule has 0 saturated heterocycles. The van der Waals surface area contributed by atoms with E-state index in [1.165, 1.54) is 0 Å². The van der Waals surface area contributed by atoms with Gasteiger partial charge in [-0.2, -0.15) is 0 Å². The molecular weight excluding hydrogens is 272 g/mol. The summed E-state index contributed by atoms with van der Waals surface area (Å²) in [4.78, 5) is 23.7. The van der Waals surface area contributed by atoms with Crippen LogP contribution in [0.1, 0.15) is 30.6 Å². The van der Waals surface area contributed by atoms with Crippen LogP contribution in [0.4, 0.5) is 5.69 Å². The smallest absolute Gasteiger partial charge is 0.326 e. The number of aliphatic carboxylic acids is 1. The Balaban J connectivity index is 2.22. The van der Waals surface area contributed by atoms with Crippen molar-refractivity contribution in [2.24, 2.45) is 5.92 Å². The predicted molar refractivity (Wildman–Crippen MR) is 78.8 cm³/mol. The molecule has 1 aromatic rings. The molecule has 1 aliphatic heterocycles. The van der Waals surface area contributed by atoms with Crippen LogP contribution < -0.4 is 15.4 Å². The maximum atomic E-state index is 12.4. The second-order valence-electron chi connectivity index (χ2n) is 5.13. The van der Waals surface area contributed by atoms with E-state index < -0.39 is 17.9 Å². The van der Waals surface area contributed by atoms with Gasteiger partial charge >= 0.3 is 5.97 Å². The van der Waals surface area contributed by atoms with E-state index in [1.807, 2.05) is 13.0 Å². The number of hydrogen-bond donors (Lipinski definition) is 3. The fraction of sp³-hybridized carbons (Fsp3) is 0.467. The number of para-hydroxylation sites is 1. The van der Waals surface area contributed by atoms with Crippen LogP contribution in [0, 0.1) is 5.92 Å². The van der Waals surface area contributed by atoms with E-state index in [0.29, 0.717) is 30.9 Å². The molecular formula is C15H20N2O4. The number of carboxylic acid groups (broad SMARTS) is 1. The number of carbonyl (C=O) groups excluding carboxylic acids is 1. The van der Waals surface area contributed by atoms with Gasteiger partial charge < -0.3 is 20.5 Å². The summed E-state index contributed by atoms with van der Waals surface area (Å²) in [6, 6.07) is 4.30. The molecule has 6 heteroatoms. The third-order valence-electron chi connectivity index (χ3n) is 3.69. The minimum absolute atomic E-state index is 0.148. The Hall–Kier alpha value is -2.24. The molecule has 0 aromatic heterocycles. The molecule has 0 unspecified atom stereocenters. The number of benzene rings is 1. The topological polar surface area (TPSA) is 87.7 Å². The van der Waals surface area contributed by atoms with Crippen molar-refractivity contribution in [3.63, 3.8) is 0 Å². The van der Waals surface area contributed by atoms with Crippen molar-refractivity contribution >= 4 is 17.6 Å². The maximum Gasteiger partial charge on any atom is 0.326 e. The number of nitrogens with one attached hydrogen (secondary N) is 2. The van der Waals surface area contributed by atoms with Gasteiger partial charge in [-0.15, -0.1) is 0 Å². The fourth-order valence-electron chi connectivity index (χ4n) is 2.25. The molecule has 2 atom stereocenters. The summed E-state index contributed by atoms with van der Waals surface area (Å²) in [7, 11) is 0. The SMILES string of the molecule is CC[C@H](C)[C@H](NC(=O)c1cccc2c1OCCN2)C(=O)O. The predicted octanol–water partition coefficient (Wildman–Crippen LogP) is 1.72. The normalized spacial score (nSPS) is 15.9. The van der Waals surface area contributed by atoms with E-state index in [4.69, 9.17) is 4.74 Å². The maximum absolute atomic E-state index is 12.4. The van der Waals surface area contributed by atoms with E-state index >= 15 is 0 Å². The fourth-order valence-corrected chi connectivity index (χ4v) is 2.25. The number of fused-ring (bicyclic) bond motifs is 1. The Bertz CT molecular complexity index is 544. The first-order valence-corrected chi connectivity index (χ1v) is 7.08. The third kappa shape index (κ3) is 3.26. The van der Waals surface area contributed by atoms with Crippen LogP contribution >= 0.6 is 0 Å². The molecule has 0 spiro atoms. The molecule has 3 N–H and O–H groups in total. The zero-order valence-electron chi connectivity index (χ0n) is 12.2. The van der Waals surface area contributed by atoms with E-state index in [1.54, 1.807) is 19.1 Å². The van der Waals surface area contributed by atoms with Gasteiger partial charge in [-0.25, -0.2) is 4.79 Å². The zero-order chi connectivity index (χ0) is 15.4. The van der Waals surface area contributed by atoms with Gasteiger partial charge in [-0.1, -0.05) is 26.3 Å². The monoisotopic (exact) mass is 292 g/mol. The molecule has 0 bridgehead atoms. The van der Waals surface area contributed by atoms with Crippen LogP contribution in [0.25, 0.3) is 0 Å². The molecule has 21 heavy (non-hydrogen) atoms. The summed E-state index contributed by atoms with van der Waals surface area (Å²) in [6.07, 6.45) is 0.669. The minimum atomic E-state index is -1.03. The molecule has 1 aliphatic rings. The first kappa shape index (κ1) is 15.2. The van der Waals surface area contributed by atoms with E-state index in [0.717, 1.165) is 5.69 Å². The number of amides is 1. The van der Waals surface area contributed by atoms with Crippen molar-refractivity contribution in [1.29, 1.82) is 0 Å². The Kier molecular flexibility index (Phi) is 4.67. The molecule has 0 fully saturated rings. The highest BCUT2D eigenvalue weighted by atomic mass is 16.5. The Labute approximate surface area is 123 Å². The van der Waals surface area contributed by atoms with E-state index in [2.05, 4.69) is 10.6 Å². The number of anilines is 1. The van der Waals surface area contributed by atoms with Crippen molar-refractivity contribution in [1.82, 2.24) is 5.32 Å². The highest BCUT2D eigenvalue weighted by Crippen LogP contribution is 2.31. The Morgan fingerprint density at radius 1 is 1.48 bits per heavy atom. The largest absolute Gasteiger partial charge is 0.489 e. The van der Waals surface area contributed by atoms with Gasteiger partial charge in [0.05, 0.1) is 11.3 Å². The van der Waals surface area contributed by atoms with Gasteiger partial charge in [0, 0.05) is 6.54 Å². The van der Waals surface area contributed by atoms with Crippen LogP contribution in [-0.4, -0.2) is 36.2 Å². The molecule has 114 valence electrons. The van der Waals surface area contributed by atoms with E-state index in [-0.39, 0.29) is 5.92 Å². The first-order valence-electron chi connectivity index (χ1n) is 7.08. The lowest BCUT2D eigenvalue weighted by atomic mass is 9.98. The van der Waals surface area contributed by atoms with Crippen molar-refractivity contribution in [3.05, 3.63) is 23.8 Å². The highest BCUT2D eigenvalue weighted by molar-refractivity contribution is 6.00. The lowest BCUT2D eigenvalue weighted by Crippen LogP contribution is -2.45. The molecule has 1 aromatic carbocycles. The molecule has 1 heterocycles. The summed E-state index contributed by atoms with van der Waals surface area (Å²) in [5, 5.41) is 15.0. The van der Waals surface area contributed by atoms with Gasteiger partial charge in [0.25, 0.3) is 5.91 Å². The van der Waals surface area contributed by atoms with Crippen molar-refractivity contribution in [2.45, 2.75) is 26.3 Å². The van der Waals surface area contributed by atoms with Crippen LogP contribution in [0.5, 0.6) is 5.75 Å². The van der Waals surface area contributed by atoms with Crippen molar-refractivity contribution < 1.29 is 19.4 Å². The zero-order valence-corrected chi connectivity index (χ0v) is 12.2. The van der Waals surface area contributed by atoms with E-state index in [9.17, 15) is 14.7 Å². The quantitative estimate of drug-likeness (QED) is 0.769. The van der Waals surface area contributed by atoms with Gasteiger partial charge in [0.15, 0.2) is 5.75 Å². The molecule has 0 aliphatic carbocycles. The number of ether oxygens (including phenoxy) is 1. The summed E-state index contributed by atoms with van der Waals surface area (Å²) >= 11 is 0. The Morgan fingerprint density at radius 2 is 2.24 bits per heavy atom. The molecule has 0 radical (unpaired) electrons. The molecule has 2 rings (SSSR count). The molecule has 6 nitrogen and oxygen atoms in total. The molecule has 1 amide bonds. The summed E-state index contributed by atoms with van der Waals surface area (Å²) in [5.41, 5.74) is 1.11. The number of rotatable bonds is 5. The van der Waals surface area contributed by atoms with Gasteiger partial charge in [-0.05, 0) is 18.1 Å². The van der Waals surface area contributed by atoms with Gasteiger partial charge in [0.2, 0.25) is 0 Å². The van der Waals surface area contributed by atoms with Crippen LogP contribution in [0.2, 0.25) is 0 Å². The molecule has 0 saturated carbocycles. The van der Waals surface area contributed by atoms with Gasteiger partial charge in [-0.3, -0.25) is 4.79 Å². The number of hydrogen-bond acceptors (Lipinski definition) is 4. The minimum Gasteiger partial charge on any atom is -0.489 e. The summed E-state index contributed by atoms with van der Waals surface area (Å²) in [5.74, 6) is -1.12. The second-order valence-corrected chi connectivity index (χ2v) is 5.13. The van der Waals surface area contributed by atoms with Crippen LogP contribution in [0.3, 0.4) is 0 Å². The summed E-state index contributed by atoms with van der Waals surface area (Å²) < 4.78 is 5.53. The lowest BCUT2D eigenvalue weighted by molar-refractivity contribution is -0.140. The average Bonchev–Trinajstić information content (AvgIpc) is 2.50. The number of carboxylic acids is 1. The summed E-state index contributed by atoms with van der Waals surface area (Å²) in [6.45, 7) is 4.86. The first-order chi connectivity index (χ1) is 10.0. The van der Waals surface area contributed by atoms with Gasteiger partial charge in [0.1, 0.15) is 12.6 Å². The number of carbonyl (C=O) groups is 2. The van der Waals surface area contributed by atoms with Crippen LogP contribution in [-0.2, 0) is 4.79 Å². The standard InChI is InChI=1S/C15H20N2O4/c1-3-9(2)12(15(19)20)17-14(18)10-5-4-6-11-13(10)21-8-7-16-11/h4-6,9,12,16H,3,7-8H2,1-2H3,(H,17,18)(H,19,20)/t9-,12-/m0/s1. The lowest BCUT2D eigenvalue weighted by Gasteiger charge is -2.23. The third-order valence-corrected chi connectivity index (χ3v) is 3.69. The van der Waals surface area contributed by atoms with Crippen molar-refractivity contribution in [2.75, 3.05) is 18.5 Å². The average molecular weight is 292 g/mol. The van der Waals surface area contributed by atoms with Crippen molar-refractivity contribution in [3.8, 4) is 5.75 Å². The highest BCUT2D eigenvalue weighted by Gasteiger charge is 2.27. The second kappa shape index (κ2) is 6.47. The Morgan fingerprint density at radius 3 is 2.90 bits per heavy atom.